The van der Waals surface area contributed by atoms with Gasteiger partial charge in [0.05, 0.1) is 16.2 Å². The van der Waals surface area contributed by atoms with Crippen LogP contribution in [-0.4, -0.2) is 11.7 Å². The molecule has 0 saturated heterocycles. The molecule has 3 N–H and O–H groups in total. The minimum Gasteiger partial charge on any atom is -0.412 e. The Hall–Kier alpha value is -1.45. The average molecular weight is 239 g/mol. The van der Waals surface area contributed by atoms with E-state index in [4.69, 9.17) is 16.9 Å². The normalized spacial score (nSPS) is 16.2. The van der Waals surface area contributed by atoms with Crippen molar-refractivity contribution in [3.05, 3.63) is 34.7 Å². The van der Waals surface area contributed by atoms with E-state index in [9.17, 15) is 13.2 Å². The van der Waals surface area contributed by atoms with Gasteiger partial charge in [0.1, 0.15) is 6.07 Å². The van der Waals surface area contributed by atoms with Crippen LogP contribution in [0.4, 0.5) is 13.2 Å². The molecule has 0 unspecified atom stereocenters. The Labute approximate surface area is 88.4 Å². The Balaban J connectivity index is 0.00000196. The minimum absolute atomic E-state index is 0. The second kappa shape index (κ2) is 4.38. The molecule has 1 aliphatic heterocycles. The van der Waals surface area contributed by atoms with Crippen molar-refractivity contribution in [2.45, 2.75) is 6.18 Å². The third-order valence-corrected chi connectivity index (χ3v) is 1.86. The highest BCUT2D eigenvalue weighted by Gasteiger charge is 2.40. The summed E-state index contributed by atoms with van der Waals surface area (Å²) in [5.41, 5.74) is -1.83. The number of nitriles is 1. The highest BCUT2D eigenvalue weighted by atomic mass is 35.5. The van der Waals surface area contributed by atoms with E-state index in [2.05, 4.69) is 11.9 Å². The van der Waals surface area contributed by atoms with E-state index in [1.54, 1.807) is 0 Å². The fourth-order valence-corrected chi connectivity index (χ4v) is 1.22. The molecule has 1 heterocycles. The monoisotopic (exact) mass is 238 g/mol. The fourth-order valence-electron chi connectivity index (χ4n) is 0.966. The fraction of sp³-hybridized carbons (Fsp3) is 0.125. The number of hydrogen-bond acceptors (Lipinski definition) is 2. The number of dihydropyridines is 1. The average Bonchev–Trinajstić information content (AvgIpc) is 2.06. The largest absolute Gasteiger partial charge is 0.419 e. The van der Waals surface area contributed by atoms with Crippen LogP contribution in [0.2, 0.25) is 0 Å². The molecule has 7 heteroatoms. The van der Waals surface area contributed by atoms with Crippen molar-refractivity contribution < 1.29 is 18.6 Å². The van der Waals surface area contributed by atoms with E-state index in [0.717, 1.165) is 6.20 Å². The van der Waals surface area contributed by atoms with Crippen LogP contribution in [0.5, 0.6) is 0 Å². The third kappa shape index (κ3) is 2.52. The highest BCUT2D eigenvalue weighted by Crippen LogP contribution is 2.38. The molecule has 1 aliphatic rings. The first-order valence-corrected chi connectivity index (χ1v) is 3.79. The highest BCUT2D eigenvalue weighted by molar-refractivity contribution is 6.32. The zero-order valence-corrected chi connectivity index (χ0v) is 8.00. The molecule has 0 fully saturated rings. The van der Waals surface area contributed by atoms with Gasteiger partial charge in [0.2, 0.25) is 0 Å². The van der Waals surface area contributed by atoms with Crippen LogP contribution in [0.3, 0.4) is 0 Å². The molecule has 0 aromatic rings. The van der Waals surface area contributed by atoms with E-state index in [1.807, 2.05) is 0 Å². The summed E-state index contributed by atoms with van der Waals surface area (Å²) in [6, 6.07) is 1.41. The van der Waals surface area contributed by atoms with Crippen molar-refractivity contribution in [3.63, 3.8) is 0 Å². The number of rotatable bonds is 0. The standard InChI is InChI=1S/C8H4ClF3N2.H2O/c1-4-5(2-13)7(8(10,11)12)6(9)3-14-4;/h3,14H,1H2;1H2. The molecule has 15 heavy (non-hydrogen) atoms. The summed E-state index contributed by atoms with van der Waals surface area (Å²) in [5, 5.41) is 10.3. The second-order valence-electron chi connectivity index (χ2n) is 2.47. The lowest BCUT2D eigenvalue weighted by molar-refractivity contribution is -0.0893. The molecule has 0 amide bonds. The number of nitrogens with zero attached hydrogens (tertiary/aromatic N) is 1. The number of hydrogen-bond donors (Lipinski definition) is 1. The van der Waals surface area contributed by atoms with Crippen molar-refractivity contribution in [1.82, 2.24) is 5.32 Å². The van der Waals surface area contributed by atoms with Gasteiger partial charge in [-0.3, -0.25) is 0 Å². The van der Waals surface area contributed by atoms with Crippen molar-refractivity contribution in [2.75, 3.05) is 0 Å². The van der Waals surface area contributed by atoms with E-state index in [1.165, 1.54) is 6.07 Å². The minimum atomic E-state index is -4.65. The molecule has 0 bridgehead atoms. The molecule has 0 aliphatic carbocycles. The molecule has 0 saturated carbocycles. The summed E-state index contributed by atoms with van der Waals surface area (Å²) in [6.07, 6.45) is -3.70. The molecule has 0 radical (unpaired) electrons. The lowest BCUT2D eigenvalue weighted by atomic mass is 10.0. The van der Waals surface area contributed by atoms with Crippen molar-refractivity contribution in [1.29, 1.82) is 5.26 Å². The predicted octanol–water partition coefficient (Wildman–Crippen LogP) is 1.74. The van der Waals surface area contributed by atoms with Gasteiger partial charge in [-0.05, 0) is 0 Å². The Morgan fingerprint density at radius 1 is 1.47 bits per heavy atom. The van der Waals surface area contributed by atoms with Gasteiger partial charge in [-0.1, -0.05) is 18.2 Å². The Morgan fingerprint density at radius 2 is 2.00 bits per heavy atom. The molecule has 0 aromatic carbocycles. The molecular weight excluding hydrogens is 233 g/mol. The molecule has 0 atom stereocenters. The van der Waals surface area contributed by atoms with Crippen molar-refractivity contribution >= 4 is 11.6 Å². The lowest BCUT2D eigenvalue weighted by Gasteiger charge is -2.19. The summed E-state index contributed by atoms with van der Waals surface area (Å²) in [4.78, 5) is 0. The first kappa shape index (κ1) is 13.6. The number of halogens is 4. The first-order chi connectivity index (χ1) is 6.38. The number of alkyl halides is 3. The van der Waals surface area contributed by atoms with Gasteiger partial charge in [0, 0.05) is 11.9 Å². The summed E-state index contributed by atoms with van der Waals surface area (Å²) in [7, 11) is 0. The smallest absolute Gasteiger partial charge is 0.412 e. The van der Waals surface area contributed by atoms with Gasteiger partial charge >= 0.3 is 6.18 Å². The third-order valence-electron chi connectivity index (χ3n) is 1.56. The van der Waals surface area contributed by atoms with Crippen LogP contribution < -0.4 is 5.32 Å². The Kier molecular flexibility index (Phi) is 3.96. The number of nitrogens with one attached hydrogen (secondary N) is 1. The molecule has 1 rings (SSSR count). The maximum Gasteiger partial charge on any atom is 0.419 e. The summed E-state index contributed by atoms with van der Waals surface area (Å²) in [5.74, 6) is 0. The van der Waals surface area contributed by atoms with Gasteiger partial charge in [0.15, 0.2) is 0 Å². The lowest BCUT2D eigenvalue weighted by Crippen LogP contribution is -2.22. The molecular formula is C8H6ClF3N2O. The van der Waals surface area contributed by atoms with Crippen LogP contribution in [0.1, 0.15) is 0 Å². The molecule has 0 aromatic heterocycles. The van der Waals surface area contributed by atoms with Crippen LogP contribution in [0, 0.1) is 11.3 Å². The zero-order valence-electron chi connectivity index (χ0n) is 7.24. The van der Waals surface area contributed by atoms with Crippen LogP contribution in [0.25, 0.3) is 0 Å². The number of allylic oxidation sites excluding steroid dienone is 3. The van der Waals surface area contributed by atoms with Crippen LogP contribution in [-0.2, 0) is 0 Å². The summed E-state index contributed by atoms with van der Waals surface area (Å²) >= 11 is 5.33. The summed E-state index contributed by atoms with van der Waals surface area (Å²) in [6.45, 7) is 3.27. The van der Waals surface area contributed by atoms with E-state index in [-0.39, 0.29) is 11.2 Å². The topological polar surface area (TPSA) is 67.3 Å². The van der Waals surface area contributed by atoms with Gasteiger partial charge in [0.25, 0.3) is 0 Å². The van der Waals surface area contributed by atoms with Gasteiger partial charge in [-0.25, -0.2) is 0 Å². The van der Waals surface area contributed by atoms with E-state index >= 15 is 0 Å². The van der Waals surface area contributed by atoms with Gasteiger partial charge < -0.3 is 10.8 Å². The van der Waals surface area contributed by atoms with Crippen molar-refractivity contribution in [2.24, 2.45) is 0 Å². The Bertz CT molecular complexity index is 390. The quantitative estimate of drug-likeness (QED) is 0.698. The van der Waals surface area contributed by atoms with E-state index in [0.29, 0.717) is 0 Å². The molecule has 82 valence electrons. The van der Waals surface area contributed by atoms with Gasteiger partial charge in [-0.2, -0.15) is 18.4 Å². The maximum absolute atomic E-state index is 12.4. The SMILES string of the molecule is C=C1NC=C(Cl)C(C(F)(F)F)=C1C#N.O. The maximum atomic E-state index is 12.4. The molecule has 3 nitrogen and oxygen atoms in total. The second-order valence-corrected chi connectivity index (χ2v) is 2.88. The van der Waals surface area contributed by atoms with Crippen LogP contribution in [0.15, 0.2) is 34.7 Å². The Morgan fingerprint density at radius 3 is 2.33 bits per heavy atom. The van der Waals surface area contributed by atoms with Crippen molar-refractivity contribution in [3.8, 4) is 6.07 Å². The van der Waals surface area contributed by atoms with Gasteiger partial charge in [-0.15, -0.1) is 0 Å². The molecule has 0 spiro atoms. The predicted molar refractivity (Wildman–Crippen MR) is 48.5 cm³/mol. The first-order valence-electron chi connectivity index (χ1n) is 3.41. The zero-order chi connectivity index (χ0) is 10.9. The van der Waals surface area contributed by atoms with Crippen LogP contribution >= 0.6 is 11.6 Å². The summed E-state index contributed by atoms with van der Waals surface area (Å²) < 4.78 is 37.2. The van der Waals surface area contributed by atoms with E-state index < -0.39 is 22.4 Å².